The fraction of sp³-hybridized carbons (Fsp3) is 0.333. The molecule has 1 rings (SSSR count). The zero-order valence-electron chi connectivity index (χ0n) is 10.0. The first-order chi connectivity index (χ1) is 8.21. The minimum atomic E-state index is -1.01. The number of carboxylic acid groups (broad SMARTS) is 1. The first-order valence-corrected chi connectivity index (χ1v) is 5.62. The number of halogens is 1. The van der Waals surface area contributed by atoms with Crippen LogP contribution in [0.1, 0.15) is 30.6 Å². The van der Waals surface area contributed by atoms with E-state index in [1.54, 1.807) is 13.8 Å². The lowest BCUT2D eigenvalue weighted by atomic mass is 10.00. The van der Waals surface area contributed by atoms with Crippen molar-refractivity contribution < 1.29 is 19.8 Å². The summed E-state index contributed by atoms with van der Waals surface area (Å²) in [4.78, 5) is 22.5. The number of hydrogen-bond acceptors (Lipinski definition) is 3. The summed E-state index contributed by atoms with van der Waals surface area (Å²) in [6.45, 7) is 3.18. The highest BCUT2D eigenvalue weighted by Gasteiger charge is 2.25. The van der Waals surface area contributed by atoms with E-state index in [2.05, 4.69) is 5.32 Å². The number of aliphatic carboxylic acids is 1. The van der Waals surface area contributed by atoms with E-state index in [0.29, 0.717) is 5.02 Å². The molecule has 0 atom stereocenters. The van der Waals surface area contributed by atoms with E-state index in [9.17, 15) is 14.7 Å². The third-order valence-electron chi connectivity index (χ3n) is 2.25. The number of phenols is 1. The number of aromatic hydroxyl groups is 1. The second-order valence-electron chi connectivity index (χ2n) is 4.57. The van der Waals surface area contributed by atoms with Crippen molar-refractivity contribution in [2.75, 3.05) is 0 Å². The number of hydrogen-bond donors (Lipinski definition) is 3. The molecule has 98 valence electrons. The third-order valence-corrected chi connectivity index (χ3v) is 2.48. The van der Waals surface area contributed by atoms with Crippen molar-refractivity contribution in [2.24, 2.45) is 0 Å². The number of benzene rings is 1. The van der Waals surface area contributed by atoms with Crippen LogP contribution < -0.4 is 5.32 Å². The average molecular weight is 272 g/mol. The standard InChI is InChI=1S/C12H14ClNO4/c1-12(2,6-10(16)17)14-11(18)8-4-3-7(13)5-9(8)15/h3-5,15H,6H2,1-2H3,(H,14,18)(H,16,17). The van der Waals surface area contributed by atoms with E-state index in [1.165, 1.54) is 18.2 Å². The Labute approximate surface area is 109 Å². The normalized spacial score (nSPS) is 11.1. The quantitative estimate of drug-likeness (QED) is 0.782. The van der Waals surface area contributed by atoms with Gasteiger partial charge in [-0.2, -0.15) is 0 Å². The van der Waals surface area contributed by atoms with E-state index >= 15 is 0 Å². The van der Waals surface area contributed by atoms with E-state index in [0.717, 1.165) is 0 Å². The minimum Gasteiger partial charge on any atom is -0.507 e. The maximum Gasteiger partial charge on any atom is 0.305 e. The smallest absolute Gasteiger partial charge is 0.305 e. The summed E-state index contributed by atoms with van der Waals surface area (Å²) in [7, 11) is 0. The van der Waals surface area contributed by atoms with E-state index in [-0.39, 0.29) is 17.7 Å². The Hall–Kier alpha value is -1.75. The van der Waals surface area contributed by atoms with Gasteiger partial charge in [0.2, 0.25) is 0 Å². The van der Waals surface area contributed by atoms with E-state index in [1.807, 2.05) is 0 Å². The first-order valence-electron chi connectivity index (χ1n) is 5.24. The minimum absolute atomic E-state index is 0.0536. The van der Waals surface area contributed by atoms with Gasteiger partial charge in [-0.3, -0.25) is 9.59 Å². The number of carboxylic acids is 1. The van der Waals surface area contributed by atoms with Crippen LogP contribution in [-0.4, -0.2) is 27.6 Å². The molecule has 1 amide bonds. The van der Waals surface area contributed by atoms with Crippen LogP contribution in [0.25, 0.3) is 0 Å². The van der Waals surface area contributed by atoms with Crippen LogP contribution in [0, 0.1) is 0 Å². The number of nitrogens with one attached hydrogen (secondary N) is 1. The second kappa shape index (κ2) is 5.27. The molecule has 0 aliphatic heterocycles. The summed E-state index contributed by atoms with van der Waals surface area (Å²) in [6, 6.07) is 4.10. The lowest BCUT2D eigenvalue weighted by Crippen LogP contribution is -2.44. The summed E-state index contributed by atoms with van der Waals surface area (Å²) in [5.74, 6) is -1.80. The summed E-state index contributed by atoms with van der Waals surface area (Å²) in [5.41, 5.74) is -0.854. The third kappa shape index (κ3) is 3.92. The fourth-order valence-corrected chi connectivity index (χ4v) is 1.66. The summed E-state index contributed by atoms with van der Waals surface area (Å²) < 4.78 is 0. The van der Waals surface area contributed by atoms with Crippen molar-refractivity contribution >= 4 is 23.5 Å². The molecule has 1 aromatic carbocycles. The van der Waals surface area contributed by atoms with Crippen molar-refractivity contribution in [3.8, 4) is 5.75 Å². The number of rotatable bonds is 4. The lowest BCUT2D eigenvalue weighted by molar-refractivity contribution is -0.138. The molecule has 0 fully saturated rings. The molecule has 0 radical (unpaired) electrons. The van der Waals surface area contributed by atoms with Crippen LogP contribution >= 0.6 is 11.6 Å². The molecule has 1 aromatic rings. The van der Waals surface area contributed by atoms with Gasteiger partial charge in [0.25, 0.3) is 5.91 Å². The molecule has 5 nitrogen and oxygen atoms in total. The topological polar surface area (TPSA) is 86.6 Å². The molecule has 0 saturated heterocycles. The number of phenolic OH excluding ortho intramolecular Hbond substituents is 1. The van der Waals surface area contributed by atoms with Crippen LogP contribution in [0.15, 0.2) is 18.2 Å². The second-order valence-corrected chi connectivity index (χ2v) is 5.01. The molecule has 3 N–H and O–H groups in total. The maximum atomic E-state index is 11.9. The van der Waals surface area contributed by atoms with Gasteiger partial charge in [0, 0.05) is 10.6 Å². The van der Waals surface area contributed by atoms with Crippen LogP contribution in [0.5, 0.6) is 5.75 Å². The number of amides is 1. The van der Waals surface area contributed by atoms with Gasteiger partial charge in [0.15, 0.2) is 0 Å². The van der Waals surface area contributed by atoms with E-state index in [4.69, 9.17) is 16.7 Å². The van der Waals surface area contributed by atoms with Crippen LogP contribution in [0.3, 0.4) is 0 Å². The van der Waals surface area contributed by atoms with Crippen LogP contribution in [0.4, 0.5) is 0 Å². The molecular formula is C12H14ClNO4. The molecule has 0 heterocycles. The van der Waals surface area contributed by atoms with Gasteiger partial charge < -0.3 is 15.5 Å². The van der Waals surface area contributed by atoms with Crippen molar-refractivity contribution in [1.82, 2.24) is 5.32 Å². The van der Waals surface area contributed by atoms with Gasteiger partial charge in [-0.15, -0.1) is 0 Å². The Morgan fingerprint density at radius 2 is 2.00 bits per heavy atom. The number of carbonyl (C=O) groups excluding carboxylic acids is 1. The molecule has 6 heteroatoms. The Kier molecular flexibility index (Phi) is 4.19. The largest absolute Gasteiger partial charge is 0.507 e. The van der Waals surface area contributed by atoms with Gasteiger partial charge >= 0.3 is 5.97 Å². The maximum absolute atomic E-state index is 11.9. The molecule has 0 aliphatic carbocycles. The number of carbonyl (C=O) groups is 2. The summed E-state index contributed by atoms with van der Waals surface area (Å²) >= 11 is 5.65. The fourth-order valence-electron chi connectivity index (χ4n) is 1.49. The Morgan fingerprint density at radius 3 is 2.50 bits per heavy atom. The first kappa shape index (κ1) is 14.3. The summed E-state index contributed by atoms with van der Waals surface area (Å²) in [5, 5.41) is 21.1. The Balaban J connectivity index is 2.85. The van der Waals surface area contributed by atoms with Gasteiger partial charge in [-0.1, -0.05) is 11.6 Å². The monoisotopic (exact) mass is 271 g/mol. The lowest BCUT2D eigenvalue weighted by Gasteiger charge is -2.24. The van der Waals surface area contributed by atoms with Crippen molar-refractivity contribution in [1.29, 1.82) is 0 Å². The molecule has 0 aliphatic rings. The van der Waals surface area contributed by atoms with Crippen molar-refractivity contribution in [3.05, 3.63) is 28.8 Å². The molecule has 0 unspecified atom stereocenters. The summed E-state index contributed by atoms with van der Waals surface area (Å²) in [6.07, 6.45) is -0.215. The van der Waals surface area contributed by atoms with Crippen LogP contribution in [-0.2, 0) is 4.79 Å². The molecule has 18 heavy (non-hydrogen) atoms. The van der Waals surface area contributed by atoms with Gasteiger partial charge in [0.05, 0.1) is 12.0 Å². The zero-order chi connectivity index (χ0) is 13.9. The van der Waals surface area contributed by atoms with E-state index < -0.39 is 17.4 Å². The SMILES string of the molecule is CC(C)(CC(=O)O)NC(=O)c1ccc(Cl)cc1O. The predicted octanol–water partition coefficient (Wildman–Crippen LogP) is 2.03. The Bertz CT molecular complexity index is 485. The molecular weight excluding hydrogens is 258 g/mol. The van der Waals surface area contributed by atoms with Crippen LogP contribution in [0.2, 0.25) is 5.02 Å². The predicted molar refractivity (Wildman–Crippen MR) is 66.9 cm³/mol. The molecule has 0 saturated carbocycles. The Morgan fingerprint density at radius 1 is 1.39 bits per heavy atom. The highest BCUT2D eigenvalue weighted by molar-refractivity contribution is 6.30. The average Bonchev–Trinajstić information content (AvgIpc) is 2.13. The highest BCUT2D eigenvalue weighted by Crippen LogP contribution is 2.22. The van der Waals surface area contributed by atoms with Gasteiger partial charge in [-0.25, -0.2) is 0 Å². The highest BCUT2D eigenvalue weighted by atomic mass is 35.5. The van der Waals surface area contributed by atoms with Crippen molar-refractivity contribution in [3.63, 3.8) is 0 Å². The molecule has 0 spiro atoms. The van der Waals surface area contributed by atoms with Gasteiger partial charge in [-0.05, 0) is 32.0 Å². The molecule has 0 bridgehead atoms. The zero-order valence-corrected chi connectivity index (χ0v) is 10.8. The van der Waals surface area contributed by atoms with Gasteiger partial charge in [0.1, 0.15) is 5.75 Å². The molecule has 0 aromatic heterocycles. The van der Waals surface area contributed by atoms with Crippen molar-refractivity contribution in [2.45, 2.75) is 25.8 Å².